The molecule has 3 aliphatic rings. The second-order valence-electron chi connectivity index (χ2n) is 8.62. The first kappa shape index (κ1) is 19.6. The van der Waals surface area contributed by atoms with Crippen LogP contribution in [0, 0.1) is 23.2 Å². The van der Waals surface area contributed by atoms with E-state index in [0.29, 0.717) is 5.92 Å². The minimum absolute atomic E-state index is 0.0453. The lowest BCUT2D eigenvalue weighted by atomic mass is 9.46. The van der Waals surface area contributed by atoms with Crippen LogP contribution in [-0.4, -0.2) is 21.4 Å². The average molecular weight is 357 g/mol. The Morgan fingerprint density at radius 3 is 1.81 bits per heavy atom. The Hall–Kier alpha value is -1.12. The van der Waals surface area contributed by atoms with Gasteiger partial charge in [-0.3, -0.25) is 0 Å². The highest BCUT2D eigenvalue weighted by Gasteiger charge is 2.64. The van der Waals surface area contributed by atoms with E-state index in [4.69, 9.17) is 0 Å². The molecule has 2 heteroatoms. The van der Waals surface area contributed by atoms with Crippen molar-refractivity contribution in [2.24, 2.45) is 23.2 Å². The number of rotatable bonds is 5. The van der Waals surface area contributed by atoms with Crippen molar-refractivity contribution in [3.05, 3.63) is 48.6 Å². The molecular formula is C24H36O2. The lowest BCUT2D eigenvalue weighted by Crippen LogP contribution is -2.67. The van der Waals surface area contributed by atoms with Crippen LogP contribution in [0.4, 0.5) is 0 Å². The Morgan fingerprint density at radius 1 is 0.808 bits per heavy atom. The summed E-state index contributed by atoms with van der Waals surface area (Å²) in [6.07, 6.45) is 23.3. The molecule has 5 atom stereocenters. The van der Waals surface area contributed by atoms with Crippen LogP contribution in [0.2, 0.25) is 0 Å². The van der Waals surface area contributed by atoms with Gasteiger partial charge >= 0.3 is 0 Å². The Balaban J connectivity index is 2.18. The number of hydrogen-bond acceptors (Lipinski definition) is 2. The minimum atomic E-state index is -1.01. The highest BCUT2D eigenvalue weighted by molar-refractivity contribution is 5.35. The Morgan fingerprint density at radius 2 is 1.35 bits per heavy atom. The molecule has 0 aromatic rings. The third-order valence-electron chi connectivity index (χ3n) is 7.58. The summed E-state index contributed by atoms with van der Waals surface area (Å²) in [6, 6.07) is 0. The molecule has 3 aliphatic carbocycles. The molecule has 0 heterocycles. The SMILES string of the molecule is CCC1CCCC(C2(O)C=CC=CC2CC)(C2(O)C=CC=CC2CC)C1. The quantitative estimate of drug-likeness (QED) is 0.698. The highest BCUT2D eigenvalue weighted by atomic mass is 16.3. The summed E-state index contributed by atoms with van der Waals surface area (Å²) < 4.78 is 0. The Bertz CT molecular complexity index is 572. The van der Waals surface area contributed by atoms with Crippen molar-refractivity contribution < 1.29 is 10.2 Å². The zero-order valence-corrected chi connectivity index (χ0v) is 16.7. The molecule has 0 saturated heterocycles. The summed E-state index contributed by atoms with van der Waals surface area (Å²) in [5.74, 6) is 0.651. The Kier molecular flexibility index (Phi) is 5.65. The van der Waals surface area contributed by atoms with Gasteiger partial charge in [0, 0.05) is 17.3 Å². The fourth-order valence-electron chi connectivity index (χ4n) is 6.05. The molecule has 0 spiro atoms. The van der Waals surface area contributed by atoms with Crippen LogP contribution in [0.15, 0.2) is 48.6 Å². The first-order chi connectivity index (χ1) is 12.5. The third-order valence-corrected chi connectivity index (χ3v) is 7.58. The molecule has 2 nitrogen and oxygen atoms in total. The van der Waals surface area contributed by atoms with Crippen LogP contribution in [0.1, 0.15) is 65.7 Å². The molecule has 0 aromatic carbocycles. The fraction of sp³-hybridized carbons (Fsp3) is 0.667. The molecule has 26 heavy (non-hydrogen) atoms. The van der Waals surface area contributed by atoms with E-state index in [2.05, 4.69) is 45.1 Å². The molecule has 0 aliphatic heterocycles. The summed E-state index contributed by atoms with van der Waals surface area (Å²) in [5, 5.41) is 24.4. The van der Waals surface area contributed by atoms with Gasteiger partial charge in [0.2, 0.25) is 0 Å². The molecule has 2 N–H and O–H groups in total. The molecule has 0 amide bonds. The largest absolute Gasteiger partial charge is 0.384 e. The molecule has 1 saturated carbocycles. The zero-order chi connectivity index (χ0) is 18.8. The topological polar surface area (TPSA) is 40.5 Å². The summed E-state index contributed by atoms with van der Waals surface area (Å²) in [5.41, 5.74) is -2.58. The lowest BCUT2D eigenvalue weighted by molar-refractivity contribution is -0.209. The van der Waals surface area contributed by atoms with Crippen LogP contribution >= 0.6 is 0 Å². The van der Waals surface area contributed by atoms with Crippen molar-refractivity contribution in [1.29, 1.82) is 0 Å². The van der Waals surface area contributed by atoms with E-state index in [1.54, 1.807) is 0 Å². The van der Waals surface area contributed by atoms with E-state index in [1.165, 1.54) is 6.42 Å². The monoisotopic (exact) mass is 356 g/mol. The number of hydrogen-bond donors (Lipinski definition) is 2. The van der Waals surface area contributed by atoms with E-state index in [0.717, 1.165) is 38.5 Å². The molecule has 144 valence electrons. The molecular weight excluding hydrogens is 320 g/mol. The maximum atomic E-state index is 12.2. The van der Waals surface area contributed by atoms with Crippen molar-refractivity contribution >= 4 is 0 Å². The molecule has 0 radical (unpaired) electrons. The maximum Gasteiger partial charge on any atom is 0.0979 e. The predicted molar refractivity (Wildman–Crippen MR) is 109 cm³/mol. The zero-order valence-electron chi connectivity index (χ0n) is 16.7. The predicted octanol–water partition coefficient (Wildman–Crippen LogP) is 5.34. The van der Waals surface area contributed by atoms with Crippen LogP contribution in [0.5, 0.6) is 0 Å². The van der Waals surface area contributed by atoms with Gasteiger partial charge in [-0.2, -0.15) is 0 Å². The smallest absolute Gasteiger partial charge is 0.0979 e. The van der Waals surface area contributed by atoms with E-state index in [-0.39, 0.29) is 11.8 Å². The van der Waals surface area contributed by atoms with Crippen molar-refractivity contribution in [3.8, 4) is 0 Å². The molecule has 3 rings (SSSR count). The second kappa shape index (κ2) is 7.48. The second-order valence-corrected chi connectivity index (χ2v) is 8.62. The number of allylic oxidation sites excluding steroid dienone is 4. The van der Waals surface area contributed by atoms with E-state index < -0.39 is 16.6 Å². The van der Waals surface area contributed by atoms with Gasteiger partial charge in [-0.25, -0.2) is 0 Å². The van der Waals surface area contributed by atoms with Crippen molar-refractivity contribution in [1.82, 2.24) is 0 Å². The fourth-order valence-corrected chi connectivity index (χ4v) is 6.05. The van der Waals surface area contributed by atoms with E-state index in [1.807, 2.05) is 24.3 Å². The lowest BCUT2D eigenvalue weighted by Gasteiger charge is -2.61. The van der Waals surface area contributed by atoms with E-state index in [9.17, 15) is 10.2 Å². The van der Waals surface area contributed by atoms with Gasteiger partial charge in [-0.1, -0.05) is 88.6 Å². The van der Waals surface area contributed by atoms with Crippen LogP contribution < -0.4 is 0 Å². The van der Waals surface area contributed by atoms with Gasteiger partial charge in [0.1, 0.15) is 0 Å². The standard InChI is InChI=1S/C24H36O2/c1-4-19-12-11-15-22(18-19,23(25)16-9-7-13-20(23)5-2)24(26)17-10-8-14-21(24)6-3/h7-10,13-14,16-17,19-21,25-26H,4-6,11-12,15,18H2,1-3H3. The first-order valence-corrected chi connectivity index (χ1v) is 10.6. The third kappa shape index (κ3) is 2.77. The van der Waals surface area contributed by atoms with Gasteiger partial charge in [0.05, 0.1) is 11.2 Å². The van der Waals surface area contributed by atoms with Crippen LogP contribution in [0.25, 0.3) is 0 Å². The van der Waals surface area contributed by atoms with E-state index >= 15 is 0 Å². The summed E-state index contributed by atoms with van der Waals surface area (Å²) in [7, 11) is 0. The maximum absolute atomic E-state index is 12.2. The molecule has 0 aromatic heterocycles. The number of aliphatic hydroxyl groups is 2. The van der Waals surface area contributed by atoms with Gasteiger partial charge in [-0.15, -0.1) is 0 Å². The van der Waals surface area contributed by atoms with Gasteiger partial charge in [-0.05, 0) is 31.6 Å². The van der Waals surface area contributed by atoms with Crippen molar-refractivity contribution in [2.75, 3.05) is 0 Å². The van der Waals surface area contributed by atoms with Crippen molar-refractivity contribution in [3.63, 3.8) is 0 Å². The summed E-state index contributed by atoms with van der Waals surface area (Å²) in [4.78, 5) is 0. The average Bonchev–Trinajstić information content (AvgIpc) is 2.68. The molecule has 0 bridgehead atoms. The van der Waals surface area contributed by atoms with Crippen LogP contribution in [-0.2, 0) is 0 Å². The van der Waals surface area contributed by atoms with Crippen molar-refractivity contribution in [2.45, 2.75) is 76.9 Å². The Labute approximate surface area is 159 Å². The summed E-state index contributed by atoms with van der Waals surface area (Å²) in [6.45, 7) is 6.53. The minimum Gasteiger partial charge on any atom is -0.384 e. The van der Waals surface area contributed by atoms with Gasteiger partial charge in [0.25, 0.3) is 0 Å². The van der Waals surface area contributed by atoms with Gasteiger partial charge in [0.15, 0.2) is 0 Å². The van der Waals surface area contributed by atoms with Gasteiger partial charge < -0.3 is 10.2 Å². The first-order valence-electron chi connectivity index (χ1n) is 10.6. The molecule has 5 unspecified atom stereocenters. The molecule has 1 fully saturated rings. The normalized spacial score (nSPS) is 45.2. The summed E-state index contributed by atoms with van der Waals surface area (Å²) >= 11 is 0. The van der Waals surface area contributed by atoms with Crippen LogP contribution in [0.3, 0.4) is 0 Å². The highest BCUT2D eigenvalue weighted by Crippen LogP contribution is 2.61.